The van der Waals surface area contributed by atoms with Gasteiger partial charge in [-0.2, -0.15) is 0 Å². The molecule has 7 rings (SSSR count). The summed E-state index contributed by atoms with van der Waals surface area (Å²) in [6.45, 7) is 12.9. The summed E-state index contributed by atoms with van der Waals surface area (Å²) in [6.07, 6.45) is 0. The van der Waals surface area contributed by atoms with Gasteiger partial charge in [0.25, 0.3) is 0 Å². The van der Waals surface area contributed by atoms with E-state index in [2.05, 4.69) is 185 Å². The van der Waals surface area contributed by atoms with Crippen molar-refractivity contribution in [1.82, 2.24) is 0 Å². The second kappa shape index (κ2) is 15.5. The molecule has 0 unspecified atom stereocenters. The lowest BCUT2D eigenvalue weighted by Gasteiger charge is -2.50. The quantitative estimate of drug-likeness (QED) is 0.193. The van der Waals surface area contributed by atoms with E-state index in [1.807, 2.05) is 36.4 Å². The molecule has 1 heterocycles. The zero-order chi connectivity index (χ0) is 37.9. The predicted molar refractivity (Wildman–Crippen MR) is 233 cm³/mol. The molecule has 1 saturated heterocycles. The summed E-state index contributed by atoms with van der Waals surface area (Å²) in [4.78, 5) is 0. The van der Waals surface area contributed by atoms with Crippen molar-refractivity contribution >= 4 is 82.5 Å². The molecule has 6 nitrogen and oxygen atoms in total. The van der Waals surface area contributed by atoms with Crippen molar-refractivity contribution in [2.75, 3.05) is 0 Å². The van der Waals surface area contributed by atoms with Crippen molar-refractivity contribution < 1.29 is 24.7 Å². The second-order valence-corrected chi connectivity index (χ2v) is 34.2. The molecule has 6 aromatic carbocycles. The average molecular weight is 817 g/mol. The van der Waals surface area contributed by atoms with Gasteiger partial charge < -0.3 is 24.7 Å². The molecule has 0 bridgehead atoms. The van der Waals surface area contributed by atoms with Crippen molar-refractivity contribution in [3.63, 3.8) is 0 Å². The van der Waals surface area contributed by atoms with E-state index in [0.29, 0.717) is 0 Å². The summed E-state index contributed by atoms with van der Waals surface area (Å²) in [5, 5.41) is 5.97. The van der Waals surface area contributed by atoms with Crippen LogP contribution < -0.4 is 31.1 Å². The Hall–Kier alpha value is -3.62. The van der Waals surface area contributed by atoms with Crippen LogP contribution in [0, 0.1) is 0 Å². The molecule has 0 spiro atoms. The van der Waals surface area contributed by atoms with Gasteiger partial charge >= 0.3 is 51.4 Å². The molecular formula is C42H48O6Si6. The van der Waals surface area contributed by atoms with Gasteiger partial charge in [-0.1, -0.05) is 182 Å². The van der Waals surface area contributed by atoms with Gasteiger partial charge in [0.2, 0.25) is 0 Å². The minimum absolute atomic E-state index is 0.995. The molecule has 1 aliphatic rings. The molecule has 1 aliphatic heterocycles. The van der Waals surface area contributed by atoms with Crippen molar-refractivity contribution in [3.05, 3.63) is 182 Å². The third-order valence-electron chi connectivity index (χ3n) is 10.1. The van der Waals surface area contributed by atoms with Gasteiger partial charge in [0.05, 0.1) is 0 Å². The molecule has 0 amide bonds. The number of rotatable bonds is 6. The summed E-state index contributed by atoms with van der Waals surface area (Å²) >= 11 is 0. The fourth-order valence-electron chi connectivity index (χ4n) is 7.51. The molecule has 0 aromatic heterocycles. The third kappa shape index (κ3) is 8.02. The largest absolute Gasteiger partial charge is 0.409 e. The lowest BCUT2D eigenvalue weighted by molar-refractivity contribution is 0.254. The molecule has 0 aliphatic carbocycles. The van der Waals surface area contributed by atoms with Gasteiger partial charge in [0.1, 0.15) is 0 Å². The normalized spacial score (nSPS) is 30.8. The van der Waals surface area contributed by atoms with Gasteiger partial charge in [-0.3, -0.25) is 0 Å². The number of hydrogen-bond donors (Lipinski definition) is 0. The molecule has 12 heteroatoms. The van der Waals surface area contributed by atoms with Crippen LogP contribution in [0.2, 0.25) is 39.3 Å². The van der Waals surface area contributed by atoms with Gasteiger partial charge in [-0.25, -0.2) is 0 Å². The summed E-state index contributed by atoms with van der Waals surface area (Å²) in [7, 11) is -20.6. The van der Waals surface area contributed by atoms with Crippen molar-refractivity contribution in [1.29, 1.82) is 0 Å². The van der Waals surface area contributed by atoms with E-state index in [1.54, 1.807) is 0 Å². The Balaban J connectivity index is 1.54. The molecule has 6 aromatic rings. The number of benzene rings is 6. The van der Waals surface area contributed by atoms with Crippen LogP contribution in [0.1, 0.15) is 0 Å². The maximum Gasteiger partial charge on any atom is 0.352 e. The third-order valence-corrected chi connectivity index (χ3v) is 37.1. The summed E-state index contributed by atoms with van der Waals surface area (Å²) in [6, 6.07) is 62.2. The highest BCUT2D eigenvalue weighted by molar-refractivity contribution is 7.06. The average Bonchev–Trinajstić information content (AvgIpc) is 3.19. The summed E-state index contributed by atoms with van der Waals surface area (Å²) < 4.78 is 46.7. The lowest BCUT2D eigenvalue weighted by Crippen LogP contribution is -2.77. The molecule has 1 fully saturated rings. The van der Waals surface area contributed by atoms with Gasteiger partial charge in [0, 0.05) is 0 Å². The maximum atomic E-state index is 7.78. The first-order valence-corrected chi connectivity index (χ1v) is 32.3. The lowest BCUT2D eigenvalue weighted by atomic mass is 10.4. The van der Waals surface area contributed by atoms with E-state index in [1.165, 1.54) is 0 Å². The van der Waals surface area contributed by atoms with Crippen LogP contribution in [-0.2, 0) is 24.7 Å². The minimum Gasteiger partial charge on any atom is -0.409 e. The molecule has 54 heavy (non-hydrogen) atoms. The summed E-state index contributed by atoms with van der Waals surface area (Å²) in [5.74, 6) is 0. The van der Waals surface area contributed by atoms with E-state index in [-0.39, 0.29) is 0 Å². The fraction of sp³-hybridized carbons (Fsp3) is 0.143. The van der Waals surface area contributed by atoms with Crippen molar-refractivity contribution in [2.45, 2.75) is 39.3 Å². The van der Waals surface area contributed by atoms with E-state index in [4.69, 9.17) is 24.7 Å². The highest BCUT2D eigenvalue weighted by Crippen LogP contribution is 2.32. The van der Waals surface area contributed by atoms with Crippen LogP contribution >= 0.6 is 0 Å². The predicted octanol–water partition coefficient (Wildman–Crippen LogP) is 5.97. The van der Waals surface area contributed by atoms with E-state index in [0.717, 1.165) is 31.1 Å². The van der Waals surface area contributed by atoms with Gasteiger partial charge in [0.15, 0.2) is 0 Å². The first-order chi connectivity index (χ1) is 25.9. The van der Waals surface area contributed by atoms with E-state index >= 15 is 0 Å². The molecule has 0 radical (unpaired) electrons. The smallest absolute Gasteiger partial charge is 0.352 e. The molecule has 0 atom stereocenters. The highest BCUT2D eigenvalue weighted by Gasteiger charge is 2.60. The first kappa shape index (κ1) is 38.6. The van der Waals surface area contributed by atoms with E-state index in [9.17, 15) is 0 Å². The van der Waals surface area contributed by atoms with Gasteiger partial charge in [-0.05, 0) is 70.4 Å². The molecule has 0 saturated carbocycles. The van der Waals surface area contributed by atoms with Crippen LogP contribution in [0.5, 0.6) is 0 Å². The standard InChI is InChI=1S/C42H48O6Si6/c1-49(37-25-13-7-14-26-37)43-50(2,38-27-15-8-16-28-38)45-52(4,40-31-19-10-20-32-40)47-54(6,42-35-23-12-24-36-42)48-53(5,41-33-21-11-22-34-41)46-51(3,44-49)39-29-17-9-18-30-39/h7-36H,1-6H3. The molecule has 276 valence electrons. The topological polar surface area (TPSA) is 55.4 Å². The second-order valence-electron chi connectivity index (χ2n) is 14.5. The monoisotopic (exact) mass is 816 g/mol. The van der Waals surface area contributed by atoms with E-state index < -0.39 is 51.4 Å². The highest BCUT2D eigenvalue weighted by atomic mass is 28.5. The fourth-order valence-corrected chi connectivity index (χ4v) is 39.0. The Bertz CT molecular complexity index is 1710. The zero-order valence-corrected chi connectivity index (χ0v) is 37.8. The first-order valence-electron chi connectivity index (χ1n) is 18.4. The van der Waals surface area contributed by atoms with Crippen LogP contribution in [-0.4, -0.2) is 51.4 Å². The molecular weight excluding hydrogens is 769 g/mol. The van der Waals surface area contributed by atoms with Gasteiger partial charge in [-0.15, -0.1) is 0 Å². The zero-order valence-electron chi connectivity index (χ0n) is 31.8. The Morgan fingerprint density at radius 2 is 0.315 bits per heavy atom. The summed E-state index contributed by atoms with van der Waals surface area (Å²) in [5.41, 5.74) is 0. The van der Waals surface area contributed by atoms with Crippen LogP contribution in [0.15, 0.2) is 182 Å². The Labute approximate surface area is 326 Å². The number of hydrogen-bond acceptors (Lipinski definition) is 6. The Kier molecular flexibility index (Phi) is 11.1. The Morgan fingerprint density at radius 1 is 0.204 bits per heavy atom. The minimum atomic E-state index is -3.43. The van der Waals surface area contributed by atoms with Crippen LogP contribution in [0.25, 0.3) is 0 Å². The maximum absolute atomic E-state index is 7.78. The SMILES string of the molecule is C[Si]1(c2ccccc2)O[Si](C)(c2ccccc2)O[Si](C)(c2ccccc2)O[Si](C)(c2ccccc2)O[Si](C)(c2ccccc2)O[Si](C)(c2ccccc2)O1. The van der Waals surface area contributed by atoms with Crippen molar-refractivity contribution in [3.8, 4) is 0 Å². The van der Waals surface area contributed by atoms with Crippen molar-refractivity contribution in [2.24, 2.45) is 0 Å². The van der Waals surface area contributed by atoms with Crippen LogP contribution in [0.3, 0.4) is 0 Å². The van der Waals surface area contributed by atoms with Crippen LogP contribution in [0.4, 0.5) is 0 Å². The Morgan fingerprint density at radius 3 is 0.426 bits per heavy atom. The molecule has 0 N–H and O–H groups in total.